The van der Waals surface area contributed by atoms with Gasteiger partial charge < -0.3 is 20.7 Å². The first-order valence-electron chi connectivity index (χ1n) is 8.58. The summed E-state index contributed by atoms with van der Waals surface area (Å²) in [5.41, 5.74) is 0.847. The Hall–Kier alpha value is 0.0823. The summed E-state index contributed by atoms with van der Waals surface area (Å²) >= 11 is 5.35. The zero-order chi connectivity index (χ0) is 17.6. The molecular weight excluding hydrogens is 463 g/mol. The van der Waals surface area contributed by atoms with Crippen molar-refractivity contribution in [3.8, 4) is 0 Å². The van der Waals surface area contributed by atoms with Crippen LogP contribution in [0.25, 0.3) is 0 Å². The van der Waals surface area contributed by atoms with Gasteiger partial charge in [0.1, 0.15) is 5.60 Å². The van der Waals surface area contributed by atoms with Crippen LogP contribution in [-0.2, 0) is 31.5 Å². The number of methoxy groups -OCH3 is 1. The van der Waals surface area contributed by atoms with Crippen LogP contribution in [-0.4, -0.2) is 24.3 Å². The van der Waals surface area contributed by atoms with Crippen molar-refractivity contribution in [2.24, 2.45) is 17.3 Å². The molecule has 2 heterocycles. The van der Waals surface area contributed by atoms with Gasteiger partial charge in [0, 0.05) is 25.4 Å². The standard InChI is InChI=1S/C19H25O3.BrH.Pd/c1-4-19-16(13-5-7-15(20)11-13)8-6-14-12-18(21-3,22-19)10-9-17(14,19)2;;/h4,8,11,13-14H,1,5-7,9-10,12H2,2-3H3;1H;/q-1;;+2/p-1/t13?,14-,17+,18?,19-;;/m1../s1. The third kappa shape index (κ3) is 2.47. The van der Waals surface area contributed by atoms with E-state index in [0.717, 1.165) is 32.1 Å². The molecule has 0 spiro atoms. The fourth-order valence-corrected chi connectivity index (χ4v) is 5.48. The molecule has 0 amide bonds. The predicted octanol–water partition coefficient (Wildman–Crippen LogP) is 4.45. The van der Waals surface area contributed by atoms with Gasteiger partial charge in [-0.25, -0.2) is 0 Å². The third-order valence-corrected chi connectivity index (χ3v) is 6.88. The molecule has 4 bridgehead atoms. The molecule has 0 radical (unpaired) electrons. The zero-order valence-corrected chi connectivity index (χ0v) is 17.4. The number of carbonyl (C=O) groups is 1. The number of hydrogen-bond acceptors (Lipinski definition) is 3. The third-order valence-electron chi connectivity index (χ3n) is 6.88. The predicted molar refractivity (Wildman–Crippen MR) is 92.9 cm³/mol. The number of hydrogen-bond donors (Lipinski definition) is 0. The molecule has 2 aliphatic heterocycles. The van der Waals surface area contributed by atoms with Gasteiger partial charge in [0.25, 0.3) is 0 Å². The van der Waals surface area contributed by atoms with Gasteiger partial charge in [-0.2, -0.15) is 0 Å². The van der Waals surface area contributed by atoms with Gasteiger partial charge in [-0.3, -0.25) is 0 Å². The Labute approximate surface area is 162 Å². The van der Waals surface area contributed by atoms with E-state index >= 15 is 0 Å². The molecule has 0 aromatic carbocycles. The maximum atomic E-state index is 11.7. The summed E-state index contributed by atoms with van der Waals surface area (Å²) in [7, 11) is 1.76. The van der Waals surface area contributed by atoms with E-state index in [-0.39, 0.29) is 17.1 Å². The van der Waals surface area contributed by atoms with Crippen molar-refractivity contribution < 1.29 is 31.5 Å². The van der Waals surface area contributed by atoms with E-state index in [4.69, 9.17) is 9.47 Å². The van der Waals surface area contributed by atoms with Crippen LogP contribution in [0.3, 0.4) is 0 Å². The molecule has 2 unspecified atom stereocenters. The van der Waals surface area contributed by atoms with E-state index in [1.165, 1.54) is 5.57 Å². The van der Waals surface area contributed by atoms with Crippen molar-refractivity contribution in [1.82, 2.24) is 0 Å². The summed E-state index contributed by atoms with van der Waals surface area (Å²) in [6.45, 7) is 6.49. The number of carbonyl (C=O) groups excluding carboxylic acids is 1. The Balaban J connectivity index is 0.000000815. The van der Waals surface area contributed by atoms with Crippen LogP contribution in [0.5, 0.6) is 0 Å². The summed E-state index contributed by atoms with van der Waals surface area (Å²) in [5.74, 6) is 0.559. The maximum absolute atomic E-state index is 11.7. The van der Waals surface area contributed by atoms with Crippen molar-refractivity contribution in [1.29, 1.82) is 0 Å². The Morgan fingerprint density at radius 3 is 2.83 bits per heavy atom. The molecule has 5 atom stereocenters. The van der Waals surface area contributed by atoms with Crippen LogP contribution >= 0.6 is 13.4 Å². The van der Waals surface area contributed by atoms with E-state index in [2.05, 4.69) is 50.2 Å². The number of halogens is 1. The van der Waals surface area contributed by atoms with Crippen molar-refractivity contribution in [3.05, 3.63) is 30.7 Å². The van der Waals surface area contributed by atoms with Gasteiger partial charge in [0.2, 0.25) is 0 Å². The van der Waals surface area contributed by atoms with Crippen LogP contribution in [0.4, 0.5) is 0 Å². The van der Waals surface area contributed by atoms with Crippen LogP contribution in [0.15, 0.2) is 24.3 Å². The average molecular weight is 488 g/mol. The van der Waals surface area contributed by atoms with E-state index in [9.17, 15) is 4.79 Å². The van der Waals surface area contributed by atoms with Crippen LogP contribution in [0.2, 0.25) is 0 Å². The van der Waals surface area contributed by atoms with Crippen molar-refractivity contribution in [3.63, 3.8) is 0 Å². The number of Topliss-reactive ketones (excluding diaryl/α,β-unsaturated/α-hetero) is 1. The molecule has 5 heteroatoms. The molecule has 4 fully saturated rings. The van der Waals surface area contributed by atoms with Crippen LogP contribution in [0.1, 0.15) is 45.4 Å². The molecule has 2 saturated heterocycles. The first-order chi connectivity index (χ1) is 11.5. The molecule has 0 aromatic rings. The molecule has 3 nitrogen and oxygen atoms in total. The Morgan fingerprint density at radius 1 is 1.50 bits per heavy atom. The van der Waals surface area contributed by atoms with Gasteiger partial charge in [0.05, 0.1) is 0 Å². The van der Waals surface area contributed by atoms with Gasteiger partial charge >= 0.3 is 30.6 Å². The van der Waals surface area contributed by atoms with Gasteiger partial charge in [0.15, 0.2) is 5.79 Å². The first-order valence-corrected chi connectivity index (χ1v) is 12.1. The minimum absolute atomic E-state index is 0.0680. The summed E-state index contributed by atoms with van der Waals surface area (Å²) in [6.07, 6.45) is 11.9. The van der Waals surface area contributed by atoms with Gasteiger partial charge in [-0.05, 0) is 31.0 Å². The van der Waals surface area contributed by atoms with E-state index in [1.54, 1.807) is 7.11 Å². The second-order valence-corrected chi connectivity index (χ2v) is 7.65. The quantitative estimate of drug-likeness (QED) is 0.335. The zero-order valence-electron chi connectivity index (χ0n) is 14.3. The van der Waals surface area contributed by atoms with Crippen LogP contribution in [0, 0.1) is 23.7 Å². The molecule has 2 saturated carbocycles. The molecule has 24 heavy (non-hydrogen) atoms. The number of allylic oxidation sites excluding steroid dienone is 1. The Bertz CT molecular complexity index is 577. The van der Waals surface area contributed by atoms with E-state index in [0.29, 0.717) is 12.3 Å². The second-order valence-electron chi connectivity index (χ2n) is 7.65. The summed E-state index contributed by atoms with van der Waals surface area (Å²) in [6, 6.07) is 0. The molecule has 136 valence electrons. The monoisotopic (exact) mass is 486 g/mol. The van der Waals surface area contributed by atoms with Crippen molar-refractivity contribution in [2.75, 3.05) is 7.11 Å². The Morgan fingerprint density at radius 2 is 2.25 bits per heavy atom. The van der Waals surface area contributed by atoms with Crippen molar-refractivity contribution >= 4 is 19.2 Å². The normalized spacial score (nSPS) is 45.9. The first kappa shape index (κ1) is 18.9. The minimum atomic E-state index is -0.478. The number of rotatable bonds is 3. The Kier molecular flexibility index (Phi) is 5.24. The molecular formula is C19H25BrO3Pd. The average Bonchev–Trinajstić information content (AvgIpc) is 3.03. The second kappa shape index (κ2) is 6.67. The summed E-state index contributed by atoms with van der Waals surface area (Å²) < 4.78 is 12.5. The van der Waals surface area contributed by atoms with Gasteiger partial charge in [-0.1, -0.05) is 37.6 Å². The summed E-state index contributed by atoms with van der Waals surface area (Å²) in [5, 5.41) is 0. The van der Waals surface area contributed by atoms with E-state index < -0.39 is 11.4 Å². The van der Waals surface area contributed by atoms with Crippen LogP contribution < -0.4 is 0 Å². The molecule has 3 aliphatic carbocycles. The van der Waals surface area contributed by atoms with Crippen molar-refractivity contribution in [2.45, 2.75) is 56.8 Å². The molecule has 5 rings (SSSR count). The van der Waals surface area contributed by atoms with Gasteiger partial charge in [-0.15, -0.1) is 5.92 Å². The number of fused-ring (bicyclic) bond motifs is 1. The topological polar surface area (TPSA) is 35.5 Å². The molecule has 5 aliphatic rings. The van der Waals surface area contributed by atoms with E-state index in [1.807, 2.05) is 12.5 Å². The molecule has 0 N–H and O–H groups in total. The fourth-order valence-electron chi connectivity index (χ4n) is 5.48. The SMILES string of the molecule is C=C[C@]12OC3(OC)CC[C@@]1(C)[C@H](CC=C2C1[CH-]C(=O)CC1)C3.[Br][Pd+]. The fraction of sp³-hybridized carbons (Fsp3) is 0.684. The number of ether oxygens (including phenoxy) is 2. The summed E-state index contributed by atoms with van der Waals surface area (Å²) in [4.78, 5) is 11.7. The molecule has 0 aromatic heterocycles. The number of ketones is 1.